The summed E-state index contributed by atoms with van der Waals surface area (Å²) in [6.45, 7) is 0.863. The quantitative estimate of drug-likeness (QED) is 0.616. The van der Waals surface area contributed by atoms with Crippen molar-refractivity contribution in [2.45, 2.75) is 13.0 Å². The first-order chi connectivity index (χ1) is 10.3. The van der Waals surface area contributed by atoms with Crippen LogP contribution in [0.3, 0.4) is 0 Å². The van der Waals surface area contributed by atoms with Crippen molar-refractivity contribution in [2.24, 2.45) is 0 Å². The molecule has 0 aliphatic carbocycles. The summed E-state index contributed by atoms with van der Waals surface area (Å²) in [7, 11) is 0. The summed E-state index contributed by atoms with van der Waals surface area (Å²) in [4.78, 5) is 1.33. The number of rotatable bonds is 5. The van der Waals surface area contributed by atoms with Crippen molar-refractivity contribution in [2.75, 3.05) is 5.32 Å². The topological polar surface area (TPSA) is 12.0 Å². The van der Waals surface area contributed by atoms with Crippen LogP contribution in [0.4, 0.5) is 5.69 Å². The van der Waals surface area contributed by atoms with Crippen LogP contribution < -0.4 is 5.32 Å². The summed E-state index contributed by atoms with van der Waals surface area (Å²) in [6.07, 6.45) is 0.956. The molecule has 3 heteroatoms. The van der Waals surface area contributed by atoms with Gasteiger partial charge >= 0.3 is 0 Å². The number of para-hydroxylation sites is 1. The summed E-state index contributed by atoms with van der Waals surface area (Å²) >= 11 is 5.28. The second-order valence-electron chi connectivity index (χ2n) is 4.88. The zero-order valence-corrected chi connectivity index (χ0v) is 14.0. The Bertz CT molecular complexity index is 706. The lowest BCUT2D eigenvalue weighted by atomic mass is 10.0. The normalized spacial score (nSPS) is 10.5. The zero-order chi connectivity index (χ0) is 14.5. The number of hydrogen-bond donors (Lipinski definition) is 1. The third kappa shape index (κ3) is 3.96. The van der Waals surface area contributed by atoms with Gasteiger partial charge in [-0.1, -0.05) is 48.5 Å². The van der Waals surface area contributed by atoms with Gasteiger partial charge in [0, 0.05) is 17.1 Å². The van der Waals surface area contributed by atoms with Crippen LogP contribution in [0.1, 0.15) is 16.0 Å². The predicted molar refractivity (Wildman–Crippen MR) is 95.0 cm³/mol. The third-order valence-corrected chi connectivity index (χ3v) is 4.96. The van der Waals surface area contributed by atoms with E-state index < -0.39 is 0 Å². The minimum absolute atomic E-state index is 0.863. The molecular formula is C18H16BrNS. The number of thiophene rings is 1. The van der Waals surface area contributed by atoms with E-state index in [1.165, 1.54) is 25.5 Å². The molecule has 0 amide bonds. The summed E-state index contributed by atoms with van der Waals surface area (Å²) in [5.41, 5.74) is 3.89. The Balaban J connectivity index is 1.73. The van der Waals surface area contributed by atoms with Crippen molar-refractivity contribution >= 4 is 33.0 Å². The van der Waals surface area contributed by atoms with Crippen LogP contribution in [0.25, 0.3) is 0 Å². The Labute approximate surface area is 137 Å². The van der Waals surface area contributed by atoms with Crippen LogP contribution in [0.2, 0.25) is 0 Å². The smallest absolute Gasteiger partial charge is 0.0702 e. The molecule has 1 heterocycles. The largest absolute Gasteiger partial charge is 0.380 e. The Morgan fingerprint density at radius 2 is 1.62 bits per heavy atom. The first-order valence-electron chi connectivity index (χ1n) is 6.91. The van der Waals surface area contributed by atoms with Gasteiger partial charge in [0.2, 0.25) is 0 Å². The average Bonchev–Trinajstić information content (AvgIpc) is 2.93. The van der Waals surface area contributed by atoms with Gasteiger partial charge in [0.05, 0.1) is 3.79 Å². The predicted octanol–water partition coefficient (Wildman–Crippen LogP) is 5.71. The van der Waals surface area contributed by atoms with Gasteiger partial charge in [-0.3, -0.25) is 0 Å². The molecule has 0 bridgehead atoms. The number of anilines is 1. The molecule has 0 aliphatic heterocycles. The Morgan fingerprint density at radius 1 is 0.857 bits per heavy atom. The number of halogens is 1. The fourth-order valence-electron chi connectivity index (χ4n) is 2.29. The van der Waals surface area contributed by atoms with Gasteiger partial charge in [0.25, 0.3) is 0 Å². The highest BCUT2D eigenvalue weighted by Gasteiger charge is 2.04. The van der Waals surface area contributed by atoms with Gasteiger partial charge < -0.3 is 5.32 Å². The molecule has 0 radical (unpaired) electrons. The van der Waals surface area contributed by atoms with E-state index in [9.17, 15) is 0 Å². The lowest BCUT2D eigenvalue weighted by Gasteiger charge is -2.11. The number of nitrogens with one attached hydrogen (secondary N) is 1. The van der Waals surface area contributed by atoms with Crippen molar-refractivity contribution in [3.8, 4) is 0 Å². The Hall–Kier alpha value is -1.58. The highest BCUT2D eigenvalue weighted by atomic mass is 79.9. The van der Waals surface area contributed by atoms with E-state index in [1.54, 1.807) is 11.3 Å². The van der Waals surface area contributed by atoms with Gasteiger partial charge in [-0.15, -0.1) is 11.3 Å². The molecule has 0 aliphatic rings. The van der Waals surface area contributed by atoms with Crippen LogP contribution >= 0.6 is 27.3 Å². The van der Waals surface area contributed by atoms with E-state index in [2.05, 4.69) is 88.0 Å². The van der Waals surface area contributed by atoms with Crippen LogP contribution in [0, 0.1) is 0 Å². The van der Waals surface area contributed by atoms with Crippen LogP contribution in [0.5, 0.6) is 0 Å². The average molecular weight is 358 g/mol. The van der Waals surface area contributed by atoms with Gasteiger partial charge in [0.15, 0.2) is 0 Å². The van der Waals surface area contributed by atoms with E-state index >= 15 is 0 Å². The molecule has 3 aromatic rings. The van der Waals surface area contributed by atoms with Gasteiger partial charge in [0.1, 0.15) is 0 Å². The molecule has 106 valence electrons. The molecule has 0 saturated heterocycles. The molecule has 3 rings (SSSR count). The second-order valence-corrected chi connectivity index (χ2v) is 7.43. The summed E-state index contributed by atoms with van der Waals surface area (Å²) in [5, 5.41) is 3.55. The lowest BCUT2D eigenvalue weighted by molar-refractivity contribution is 1.14. The Kier molecular flexibility index (Phi) is 4.73. The minimum Gasteiger partial charge on any atom is -0.380 e. The van der Waals surface area contributed by atoms with E-state index in [0.29, 0.717) is 0 Å². The van der Waals surface area contributed by atoms with E-state index in [1.807, 2.05) is 0 Å². The highest BCUT2D eigenvalue weighted by Crippen LogP contribution is 2.24. The molecule has 0 unspecified atom stereocenters. The van der Waals surface area contributed by atoms with Crippen LogP contribution in [-0.4, -0.2) is 0 Å². The molecule has 1 nitrogen and oxygen atoms in total. The van der Waals surface area contributed by atoms with Gasteiger partial charge in [-0.05, 0) is 51.7 Å². The molecule has 1 N–H and O–H groups in total. The Morgan fingerprint density at radius 3 is 2.38 bits per heavy atom. The van der Waals surface area contributed by atoms with E-state index in [0.717, 1.165) is 13.0 Å². The maximum atomic E-state index is 3.55. The van der Waals surface area contributed by atoms with Gasteiger partial charge in [-0.25, -0.2) is 0 Å². The van der Waals surface area contributed by atoms with Crippen molar-refractivity contribution in [1.29, 1.82) is 0 Å². The minimum atomic E-state index is 0.863. The van der Waals surface area contributed by atoms with E-state index in [-0.39, 0.29) is 0 Å². The van der Waals surface area contributed by atoms with Crippen LogP contribution in [0.15, 0.2) is 70.5 Å². The number of hydrogen-bond acceptors (Lipinski definition) is 2. The monoisotopic (exact) mass is 357 g/mol. The van der Waals surface area contributed by atoms with Crippen molar-refractivity contribution in [3.05, 3.63) is 86.5 Å². The van der Waals surface area contributed by atoms with Crippen LogP contribution in [-0.2, 0) is 13.0 Å². The number of benzene rings is 2. The fourth-order valence-corrected chi connectivity index (χ4v) is 3.71. The maximum Gasteiger partial charge on any atom is 0.0702 e. The summed E-state index contributed by atoms with van der Waals surface area (Å²) in [5.74, 6) is 0. The summed E-state index contributed by atoms with van der Waals surface area (Å²) in [6, 6.07) is 23.4. The molecule has 0 fully saturated rings. The third-order valence-electron chi connectivity index (χ3n) is 3.34. The molecule has 0 atom stereocenters. The summed E-state index contributed by atoms with van der Waals surface area (Å²) < 4.78 is 1.18. The molecule has 21 heavy (non-hydrogen) atoms. The fraction of sp³-hybridized carbons (Fsp3) is 0.111. The first kappa shape index (κ1) is 14.4. The van der Waals surface area contributed by atoms with Crippen molar-refractivity contribution < 1.29 is 0 Å². The molecule has 0 saturated carbocycles. The first-order valence-corrected chi connectivity index (χ1v) is 8.52. The van der Waals surface area contributed by atoms with Gasteiger partial charge in [-0.2, -0.15) is 0 Å². The highest BCUT2D eigenvalue weighted by molar-refractivity contribution is 9.11. The molecule has 2 aromatic carbocycles. The molecular weight excluding hydrogens is 342 g/mol. The lowest BCUT2D eigenvalue weighted by Crippen LogP contribution is -2.01. The van der Waals surface area contributed by atoms with Crippen molar-refractivity contribution in [1.82, 2.24) is 0 Å². The standard InChI is InChI=1S/C18H16BrNS/c19-18-11-10-16(21-18)13-20-17-9-5-4-8-15(17)12-14-6-2-1-3-7-14/h1-11,20H,12-13H2. The van der Waals surface area contributed by atoms with E-state index in [4.69, 9.17) is 0 Å². The van der Waals surface area contributed by atoms with Crippen molar-refractivity contribution in [3.63, 3.8) is 0 Å². The second kappa shape index (κ2) is 6.92. The molecule has 0 spiro atoms. The zero-order valence-electron chi connectivity index (χ0n) is 11.6. The SMILES string of the molecule is Brc1ccc(CNc2ccccc2Cc2ccccc2)s1. The maximum absolute atomic E-state index is 3.55. The molecule has 1 aromatic heterocycles.